The maximum absolute atomic E-state index is 12.1. The van der Waals surface area contributed by atoms with E-state index in [9.17, 15) is 14.4 Å². The SMILES string of the molecule is O=C[C@H]1CCCC[C@H]1NC(=O)c1cccc(C(=O)O)c1. The predicted octanol–water partition coefficient (Wildman–Crippen LogP) is 1.87. The summed E-state index contributed by atoms with van der Waals surface area (Å²) in [5.74, 6) is -1.54. The molecule has 1 aromatic rings. The molecular weight excluding hydrogens is 258 g/mol. The van der Waals surface area contributed by atoms with Crippen molar-refractivity contribution in [2.75, 3.05) is 0 Å². The molecule has 2 rings (SSSR count). The minimum Gasteiger partial charge on any atom is -0.478 e. The quantitative estimate of drug-likeness (QED) is 0.822. The molecule has 20 heavy (non-hydrogen) atoms. The molecule has 0 radical (unpaired) electrons. The van der Waals surface area contributed by atoms with Gasteiger partial charge in [-0.1, -0.05) is 18.9 Å². The van der Waals surface area contributed by atoms with Crippen molar-refractivity contribution in [2.24, 2.45) is 5.92 Å². The third-order valence-electron chi connectivity index (χ3n) is 3.68. The molecule has 0 unspecified atom stereocenters. The summed E-state index contributed by atoms with van der Waals surface area (Å²) in [7, 11) is 0. The lowest BCUT2D eigenvalue weighted by atomic mass is 9.85. The Morgan fingerprint density at radius 3 is 2.60 bits per heavy atom. The maximum Gasteiger partial charge on any atom is 0.335 e. The fourth-order valence-electron chi connectivity index (χ4n) is 2.55. The second kappa shape index (κ2) is 6.32. The van der Waals surface area contributed by atoms with Crippen LogP contribution >= 0.6 is 0 Å². The van der Waals surface area contributed by atoms with Gasteiger partial charge in [-0.3, -0.25) is 4.79 Å². The Labute approximate surface area is 117 Å². The molecule has 1 fully saturated rings. The van der Waals surface area contributed by atoms with Gasteiger partial charge in [0.2, 0.25) is 0 Å². The Balaban J connectivity index is 2.09. The van der Waals surface area contributed by atoms with Crippen LogP contribution in [0, 0.1) is 5.92 Å². The van der Waals surface area contributed by atoms with Gasteiger partial charge in [-0.25, -0.2) is 4.79 Å². The van der Waals surface area contributed by atoms with Crippen LogP contribution in [0.2, 0.25) is 0 Å². The standard InChI is InChI=1S/C15H17NO4/c17-9-12-4-1-2-7-13(12)16-14(18)10-5-3-6-11(8-10)15(19)20/h3,5-6,8-9,12-13H,1-2,4,7H2,(H,16,18)(H,19,20)/t12-,13-/m1/s1. The molecule has 1 aromatic carbocycles. The molecule has 0 saturated heterocycles. The fraction of sp³-hybridized carbons (Fsp3) is 0.400. The minimum absolute atomic E-state index is 0.0771. The van der Waals surface area contributed by atoms with Gasteiger partial charge in [-0.05, 0) is 31.0 Å². The normalized spacial score (nSPS) is 22.0. The smallest absolute Gasteiger partial charge is 0.335 e. The van der Waals surface area contributed by atoms with E-state index in [0.717, 1.165) is 32.0 Å². The number of carboxylic acids is 1. The molecule has 106 valence electrons. The van der Waals surface area contributed by atoms with Crippen LogP contribution in [0.1, 0.15) is 46.4 Å². The first-order valence-electron chi connectivity index (χ1n) is 6.71. The third kappa shape index (κ3) is 3.23. The van der Waals surface area contributed by atoms with Crippen LogP contribution in [0.15, 0.2) is 24.3 Å². The highest BCUT2D eigenvalue weighted by Crippen LogP contribution is 2.23. The number of aromatic carboxylic acids is 1. The summed E-state index contributed by atoms with van der Waals surface area (Å²) in [4.78, 5) is 34.0. The summed E-state index contributed by atoms with van der Waals surface area (Å²) in [6.45, 7) is 0. The van der Waals surface area contributed by atoms with Gasteiger partial charge in [0.1, 0.15) is 6.29 Å². The van der Waals surface area contributed by atoms with Gasteiger partial charge in [0.15, 0.2) is 0 Å². The molecule has 0 bridgehead atoms. The first-order chi connectivity index (χ1) is 9.61. The lowest BCUT2D eigenvalue weighted by molar-refractivity contribution is -0.112. The number of hydrogen-bond acceptors (Lipinski definition) is 3. The molecule has 5 heteroatoms. The van der Waals surface area contributed by atoms with Gasteiger partial charge < -0.3 is 15.2 Å². The van der Waals surface area contributed by atoms with Crippen LogP contribution < -0.4 is 5.32 Å². The number of carbonyl (C=O) groups is 3. The number of carboxylic acid groups (broad SMARTS) is 1. The molecule has 0 aromatic heterocycles. The van der Waals surface area contributed by atoms with Crippen LogP contribution in [0.25, 0.3) is 0 Å². The number of nitrogens with one attached hydrogen (secondary N) is 1. The molecule has 5 nitrogen and oxygen atoms in total. The van der Waals surface area contributed by atoms with E-state index in [1.807, 2.05) is 0 Å². The average molecular weight is 275 g/mol. The van der Waals surface area contributed by atoms with Crippen molar-refractivity contribution in [3.63, 3.8) is 0 Å². The first kappa shape index (κ1) is 14.2. The molecule has 1 amide bonds. The van der Waals surface area contributed by atoms with Gasteiger partial charge >= 0.3 is 5.97 Å². The average Bonchev–Trinajstić information content (AvgIpc) is 2.48. The second-order valence-corrected chi connectivity index (χ2v) is 5.05. The Bertz CT molecular complexity index is 526. The van der Waals surface area contributed by atoms with Gasteiger partial charge in [0.25, 0.3) is 5.91 Å². The lowest BCUT2D eigenvalue weighted by Crippen LogP contribution is -2.42. The van der Waals surface area contributed by atoms with Gasteiger partial charge in [-0.2, -0.15) is 0 Å². The highest BCUT2D eigenvalue weighted by molar-refractivity contribution is 5.97. The van der Waals surface area contributed by atoms with E-state index < -0.39 is 5.97 Å². The van der Waals surface area contributed by atoms with Gasteiger partial charge in [0.05, 0.1) is 5.56 Å². The first-order valence-corrected chi connectivity index (χ1v) is 6.71. The monoisotopic (exact) mass is 275 g/mol. The van der Waals surface area contributed by atoms with Crippen molar-refractivity contribution in [2.45, 2.75) is 31.7 Å². The van der Waals surface area contributed by atoms with Crippen molar-refractivity contribution in [1.82, 2.24) is 5.32 Å². The summed E-state index contributed by atoms with van der Waals surface area (Å²) >= 11 is 0. The highest BCUT2D eigenvalue weighted by Gasteiger charge is 2.26. The number of aldehydes is 1. The van der Waals surface area contributed by atoms with Crippen molar-refractivity contribution < 1.29 is 19.5 Å². The maximum atomic E-state index is 12.1. The Kier molecular flexibility index (Phi) is 4.50. The summed E-state index contributed by atoms with van der Waals surface area (Å²) < 4.78 is 0. The molecule has 1 aliphatic rings. The summed E-state index contributed by atoms with van der Waals surface area (Å²) in [5, 5.41) is 11.8. The van der Waals surface area contributed by atoms with Gasteiger partial charge in [0, 0.05) is 17.5 Å². The topological polar surface area (TPSA) is 83.5 Å². The zero-order valence-electron chi connectivity index (χ0n) is 11.0. The molecule has 0 aliphatic heterocycles. The molecule has 2 N–H and O–H groups in total. The van der Waals surface area contributed by atoms with Crippen LogP contribution in [-0.2, 0) is 4.79 Å². The van der Waals surface area contributed by atoms with Crippen LogP contribution in [0.3, 0.4) is 0 Å². The second-order valence-electron chi connectivity index (χ2n) is 5.05. The number of benzene rings is 1. The molecule has 1 saturated carbocycles. The number of hydrogen-bond donors (Lipinski definition) is 2. The van der Waals surface area contributed by atoms with Crippen molar-refractivity contribution in [1.29, 1.82) is 0 Å². The van der Waals surface area contributed by atoms with E-state index in [2.05, 4.69) is 5.32 Å². The number of carbonyl (C=O) groups excluding carboxylic acids is 2. The van der Waals surface area contributed by atoms with Crippen LogP contribution in [0.4, 0.5) is 0 Å². The predicted molar refractivity (Wildman–Crippen MR) is 72.7 cm³/mol. The Morgan fingerprint density at radius 1 is 1.20 bits per heavy atom. The van der Waals surface area contributed by atoms with E-state index in [-0.39, 0.29) is 23.4 Å². The summed E-state index contributed by atoms with van der Waals surface area (Å²) in [6.07, 6.45) is 4.48. The molecule has 1 aliphatic carbocycles. The summed E-state index contributed by atoms with van der Waals surface area (Å²) in [6, 6.07) is 5.74. The van der Waals surface area contributed by atoms with Crippen LogP contribution in [-0.4, -0.2) is 29.3 Å². The number of amides is 1. The van der Waals surface area contributed by atoms with Crippen molar-refractivity contribution >= 4 is 18.2 Å². The molecule has 0 spiro atoms. The number of rotatable bonds is 4. The van der Waals surface area contributed by atoms with E-state index in [1.165, 1.54) is 18.2 Å². The van der Waals surface area contributed by atoms with E-state index >= 15 is 0 Å². The summed E-state index contributed by atoms with van der Waals surface area (Å²) in [5.41, 5.74) is 0.383. The molecule has 2 atom stereocenters. The van der Waals surface area contributed by atoms with E-state index in [1.54, 1.807) is 6.07 Å². The lowest BCUT2D eigenvalue weighted by Gasteiger charge is -2.28. The van der Waals surface area contributed by atoms with E-state index in [0.29, 0.717) is 5.56 Å². The zero-order chi connectivity index (χ0) is 14.5. The fourth-order valence-corrected chi connectivity index (χ4v) is 2.55. The van der Waals surface area contributed by atoms with Gasteiger partial charge in [-0.15, -0.1) is 0 Å². The largest absolute Gasteiger partial charge is 0.478 e. The Morgan fingerprint density at radius 2 is 1.90 bits per heavy atom. The van der Waals surface area contributed by atoms with E-state index in [4.69, 9.17) is 5.11 Å². The minimum atomic E-state index is -1.07. The zero-order valence-corrected chi connectivity index (χ0v) is 11.0. The molecular formula is C15H17NO4. The van der Waals surface area contributed by atoms with Crippen molar-refractivity contribution in [3.05, 3.63) is 35.4 Å². The van der Waals surface area contributed by atoms with Crippen molar-refractivity contribution in [3.8, 4) is 0 Å². The third-order valence-corrected chi connectivity index (χ3v) is 3.68. The highest BCUT2D eigenvalue weighted by atomic mass is 16.4. The van der Waals surface area contributed by atoms with Crippen LogP contribution in [0.5, 0.6) is 0 Å². The molecule has 0 heterocycles. The Hall–Kier alpha value is -2.17.